The maximum absolute atomic E-state index is 12.0. The summed E-state index contributed by atoms with van der Waals surface area (Å²) in [6.45, 7) is 0. The summed E-state index contributed by atoms with van der Waals surface area (Å²) >= 11 is 1.62. The smallest absolute Gasteiger partial charge is 0.307 e. The standard InChI is InChI=1S/C15H15NO4S/c1-21-9-12-6-7-13(20-12)15(19)16-11-4-2-10(3-5-11)8-14(17)18/h2-7H,8-9H2,1H3,(H,16,19)(H,17,18). The number of hydrogen-bond acceptors (Lipinski definition) is 4. The number of rotatable bonds is 6. The van der Waals surface area contributed by atoms with E-state index in [1.54, 1.807) is 48.2 Å². The van der Waals surface area contributed by atoms with Crippen LogP contribution in [-0.4, -0.2) is 23.2 Å². The SMILES string of the molecule is CSCc1ccc(C(=O)Nc2ccc(CC(=O)O)cc2)o1. The molecule has 0 saturated heterocycles. The number of furan rings is 1. The zero-order chi connectivity index (χ0) is 15.2. The third kappa shape index (κ3) is 4.39. The summed E-state index contributed by atoms with van der Waals surface area (Å²) in [4.78, 5) is 22.6. The minimum atomic E-state index is -0.885. The average molecular weight is 305 g/mol. The van der Waals surface area contributed by atoms with Gasteiger partial charge in [-0.25, -0.2) is 0 Å². The van der Waals surface area contributed by atoms with Gasteiger partial charge in [0.05, 0.1) is 12.2 Å². The molecule has 21 heavy (non-hydrogen) atoms. The molecule has 1 amide bonds. The van der Waals surface area contributed by atoms with Crippen molar-refractivity contribution < 1.29 is 19.1 Å². The van der Waals surface area contributed by atoms with Gasteiger partial charge in [0, 0.05) is 5.69 Å². The number of thioether (sulfide) groups is 1. The Bertz CT molecular complexity index is 633. The summed E-state index contributed by atoms with van der Waals surface area (Å²) < 4.78 is 5.42. The number of benzene rings is 1. The summed E-state index contributed by atoms with van der Waals surface area (Å²) in [7, 11) is 0. The highest BCUT2D eigenvalue weighted by atomic mass is 32.2. The maximum Gasteiger partial charge on any atom is 0.307 e. The second-order valence-corrected chi connectivity index (χ2v) is 5.29. The van der Waals surface area contributed by atoms with Gasteiger partial charge in [0.1, 0.15) is 5.76 Å². The highest BCUT2D eigenvalue weighted by Gasteiger charge is 2.11. The molecule has 1 aromatic heterocycles. The van der Waals surface area contributed by atoms with Crippen molar-refractivity contribution in [2.75, 3.05) is 11.6 Å². The number of aliphatic carboxylic acids is 1. The molecule has 1 aromatic carbocycles. The lowest BCUT2D eigenvalue weighted by Crippen LogP contribution is -2.11. The second-order valence-electron chi connectivity index (χ2n) is 4.42. The molecule has 2 rings (SSSR count). The van der Waals surface area contributed by atoms with Gasteiger partial charge in [0.15, 0.2) is 5.76 Å². The lowest BCUT2D eigenvalue weighted by atomic mass is 10.1. The fourth-order valence-electron chi connectivity index (χ4n) is 1.79. The third-order valence-electron chi connectivity index (χ3n) is 2.74. The predicted molar refractivity (Wildman–Crippen MR) is 81.7 cm³/mol. The molecular weight excluding hydrogens is 290 g/mol. The minimum absolute atomic E-state index is 0.0372. The van der Waals surface area contributed by atoms with Crippen molar-refractivity contribution >= 4 is 29.3 Å². The van der Waals surface area contributed by atoms with Gasteiger partial charge in [-0.2, -0.15) is 11.8 Å². The number of amides is 1. The van der Waals surface area contributed by atoms with Gasteiger partial charge in [0.2, 0.25) is 0 Å². The lowest BCUT2D eigenvalue weighted by molar-refractivity contribution is -0.136. The molecule has 0 bridgehead atoms. The van der Waals surface area contributed by atoms with Crippen molar-refractivity contribution in [3.8, 4) is 0 Å². The Kier molecular flexibility index (Phi) is 5.05. The summed E-state index contributed by atoms with van der Waals surface area (Å²) in [5, 5.41) is 11.4. The first-order valence-corrected chi connectivity index (χ1v) is 7.67. The number of hydrogen-bond donors (Lipinski definition) is 2. The normalized spacial score (nSPS) is 10.3. The molecule has 0 atom stereocenters. The molecule has 0 fully saturated rings. The summed E-state index contributed by atoms with van der Waals surface area (Å²) in [5.74, 6) is 0.520. The Morgan fingerprint density at radius 3 is 2.52 bits per heavy atom. The van der Waals surface area contributed by atoms with Crippen molar-refractivity contribution in [1.82, 2.24) is 0 Å². The number of carboxylic acid groups (broad SMARTS) is 1. The van der Waals surface area contributed by atoms with Crippen LogP contribution in [0.3, 0.4) is 0 Å². The molecule has 0 aliphatic rings. The van der Waals surface area contributed by atoms with Crippen LogP contribution in [0.2, 0.25) is 0 Å². The van der Waals surface area contributed by atoms with E-state index in [4.69, 9.17) is 9.52 Å². The molecule has 0 aliphatic heterocycles. The molecule has 0 saturated carbocycles. The van der Waals surface area contributed by atoms with Crippen LogP contribution in [0.5, 0.6) is 0 Å². The molecule has 1 heterocycles. The maximum atomic E-state index is 12.0. The van der Waals surface area contributed by atoms with Gasteiger partial charge >= 0.3 is 5.97 Å². The van der Waals surface area contributed by atoms with Crippen LogP contribution in [0.4, 0.5) is 5.69 Å². The van der Waals surface area contributed by atoms with E-state index in [9.17, 15) is 9.59 Å². The highest BCUT2D eigenvalue weighted by Crippen LogP contribution is 2.16. The predicted octanol–water partition coefficient (Wildman–Crippen LogP) is 3.02. The van der Waals surface area contributed by atoms with Crippen LogP contribution in [0.1, 0.15) is 21.9 Å². The Hall–Kier alpha value is -2.21. The lowest BCUT2D eigenvalue weighted by Gasteiger charge is -2.04. The highest BCUT2D eigenvalue weighted by molar-refractivity contribution is 7.97. The van der Waals surface area contributed by atoms with E-state index in [1.807, 2.05) is 6.26 Å². The van der Waals surface area contributed by atoms with Gasteiger partial charge in [-0.1, -0.05) is 12.1 Å². The largest absolute Gasteiger partial charge is 0.481 e. The van der Waals surface area contributed by atoms with E-state index >= 15 is 0 Å². The average Bonchev–Trinajstić information content (AvgIpc) is 2.89. The molecule has 0 aliphatic carbocycles. The fourth-order valence-corrected chi connectivity index (χ4v) is 2.23. The number of nitrogens with one attached hydrogen (secondary N) is 1. The van der Waals surface area contributed by atoms with E-state index in [1.165, 1.54) is 0 Å². The van der Waals surface area contributed by atoms with E-state index in [-0.39, 0.29) is 18.1 Å². The van der Waals surface area contributed by atoms with E-state index in [0.717, 1.165) is 11.5 Å². The van der Waals surface area contributed by atoms with E-state index in [2.05, 4.69) is 5.32 Å². The quantitative estimate of drug-likeness (QED) is 0.857. The topological polar surface area (TPSA) is 79.5 Å². The van der Waals surface area contributed by atoms with Gasteiger partial charge < -0.3 is 14.8 Å². The molecule has 6 heteroatoms. The number of carboxylic acids is 1. The van der Waals surface area contributed by atoms with Crippen LogP contribution >= 0.6 is 11.8 Å². The zero-order valence-electron chi connectivity index (χ0n) is 11.5. The van der Waals surface area contributed by atoms with Crippen molar-refractivity contribution in [3.05, 3.63) is 53.5 Å². The van der Waals surface area contributed by atoms with Crippen molar-refractivity contribution in [2.45, 2.75) is 12.2 Å². The van der Waals surface area contributed by atoms with Crippen LogP contribution in [0.15, 0.2) is 40.8 Å². The van der Waals surface area contributed by atoms with Crippen LogP contribution in [0.25, 0.3) is 0 Å². The van der Waals surface area contributed by atoms with Crippen LogP contribution in [-0.2, 0) is 17.0 Å². The molecule has 2 N–H and O–H groups in total. The number of carbonyl (C=O) groups excluding carboxylic acids is 1. The zero-order valence-corrected chi connectivity index (χ0v) is 12.3. The van der Waals surface area contributed by atoms with E-state index < -0.39 is 5.97 Å². The molecule has 0 unspecified atom stereocenters. The number of anilines is 1. The molecular formula is C15H15NO4S. The van der Waals surface area contributed by atoms with E-state index in [0.29, 0.717) is 11.3 Å². The van der Waals surface area contributed by atoms with Crippen LogP contribution < -0.4 is 5.32 Å². The number of carbonyl (C=O) groups is 2. The Morgan fingerprint density at radius 1 is 1.19 bits per heavy atom. The summed E-state index contributed by atoms with van der Waals surface area (Å²) in [6, 6.07) is 10.1. The fraction of sp³-hybridized carbons (Fsp3) is 0.200. The molecule has 2 aromatic rings. The van der Waals surface area contributed by atoms with Crippen molar-refractivity contribution in [1.29, 1.82) is 0 Å². The second kappa shape index (κ2) is 6.99. The van der Waals surface area contributed by atoms with Crippen molar-refractivity contribution in [2.24, 2.45) is 0 Å². The van der Waals surface area contributed by atoms with Crippen molar-refractivity contribution in [3.63, 3.8) is 0 Å². The molecule has 110 valence electrons. The Labute approximate surface area is 126 Å². The molecule has 0 radical (unpaired) electrons. The first kappa shape index (κ1) is 15.2. The van der Waals surface area contributed by atoms with Gasteiger partial charge in [-0.15, -0.1) is 0 Å². The molecule has 5 nitrogen and oxygen atoms in total. The van der Waals surface area contributed by atoms with Gasteiger partial charge in [-0.3, -0.25) is 9.59 Å². The van der Waals surface area contributed by atoms with Crippen LogP contribution in [0, 0.1) is 0 Å². The monoisotopic (exact) mass is 305 g/mol. The Morgan fingerprint density at radius 2 is 1.90 bits per heavy atom. The molecule has 0 spiro atoms. The summed E-state index contributed by atoms with van der Waals surface area (Å²) in [6.07, 6.45) is 1.92. The first-order valence-electron chi connectivity index (χ1n) is 6.28. The van der Waals surface area contributed by atoms with Gasteiger partial charge in [0.25, 0.3) is 5.91 Å². The Balaban J connectivity index is 1.99. The first-order chi connectivity index (χ1) is 10.1. The third-order valence-corrected chi connectivity index (χ3v) is 3.31. The summed E-state index contributed by atoms with van der Waals surface area (Å²) in [5.41, 5.74) is 1.28. The van der Waals surface area contributed by atoms with Gasteiger partial charge in [-0.05, 0) is 36.1 Å². The minimum Gasteiger partial charge on any atom is -0.481 e.